The SMILES string of the molecule is CCC(CC)C(C)NCC(=O)OC(C)(C)C. The van der Waals surface area contributed by atoms with Gasteiger partial charge in [0.2, 0.25) is 0 Å². The monoisotopic (exact) mass is 229 g/mol. The summed E-state index contributed by atoms with van der Waals surface area (Å²) in [5, 5.41) is 3.23. The lowest BCUT2D eigenvalue weighted by Crippen LogP contribution is -2.39. The third-order valence-electron chi connectivity index (χ3n) is 2.74. The fourth-order valence-electron chi connectivity index (χ4n) is 1.78. The maximum atomic E-state index is 11.5. The normalized spacial score (nSPS) is 13.9. The van der Waals surface area contributed by atoms with E-state index in [9.17, 15) is 4.79 Å². The molecule has 3 heteroatoms. The third-order valence-corrected chi connectivity index (χ3v) is 2.74. The minimum atomic E-state index is -0.392. The number of esters is 1. The van der Waals surface area contributed by atoms with Gasteiger partial charge in [-0.3, -0.25) is 4.79 Å². The molecule has 1 N–H and O–H groups in total. The van der Waals surface area contributed by atoms with Crippen LogP contribution in [0.3, 0.4) is 0 Å². The second kappa shape index (κ2) is 6.89. The summed E-state index contributed by atoms with van der Waals surface area (Å²) in [7, 11) is 0. The van der Waals surface area contributed by atoms with Crippen molar-refractivity contribution in [1.29, 1.82) is 0 Å². The highest BCUT2D eigenvalue weighted by atomic mass is 16.6. The molecule has 0 radical (unpaired) electrons. The maximum Gasteiger partial charge on any atom is 0.320 e. The number of rotatable bonds is 6. The van der Waals surface area contributed by atoms with E-state index in [1.165, 1.54) is 0 Å². The molecule has 0 saturated heterocycles. The average Bonchev–Trinajstić information content (AvgIpc) is 2.14. The Kier molecular flexibility index (Phi) is 6.65. The van der Waals surface area contributed by atoms with Gasteiger partial charge in [0.15, 0.2) is 0 Å². The Bertz CT molecular complexity index is 204. The van der Waals surface area contributed by atoms with Gasteiger partial charge in [0.1, 0.15) is 5.60 Å². The van der Waals surface area contributed by atoms with Crippen molar-refractivity contribution in [1.82, 2.24) is 5.32 Å². The zero-order valence-corrected chi connectivity index (χ0v) is 11.6. The van der Waals surface area contributed by atoms with Crippen molar-refractivity contribution in [2.45, 2.75) is 66.0 Å². The van der Waals surface area contributed by atoms with Crippen molar-refractivity contribution in [3.63, 3.8) is 0 Å². The molecule has 16 heavy (non-hydrogen) atoms. The fraction of sp³-hybridized carbons (Fsp3) is 0.923. The zero-order chi connectivity index (χ0) is 12.8. The summed E-state index contributed by atoms with van der Waals surface area (Å²) in [4.78, 5) is 11.5. The van der Waals surface area contributed by atoms with Crippen molar-refractivity contribution in [2.24, 2.45) is 5.92 Å². The van der Waals surface area contributed by atoms with Crippen molar-refractivity contribution in [3.05, 3.63) is 0 Å². The first-order valence-electron chi connectivity index (χ1n) is 6.25. The van der Waals surface area contributed by atoms with Crippen LogP contribution >= 0.6 is 0 Å². The van der Waals surface area contributed by atoms with Crippen LogP contribution in [0.25, 0.3) is 0 Å². The molecule has 0 bridgehead atoms. The summed E-state index contributed by atoms with van der Waals surface area (Å²) in [6.07, 6.45) is 2.28. The van der Waals surface area contributed by atoms with Gasteiger partial charge in [-0.15, -0.1) is 0 Å². The van der Waals surface area contributed by atoms with E-state index < -0.39 is 5.60 Å². The molecular formula is C13H27NO2. The topological polar surface area (TPSA) is 38.3 Å². The Hall–Kier alpha value is -0.570. The van der Waals surface area contributed by atoms with Gasteiger partial charge in [0, 0.05) is 6.04 Å². The summed E-state index contributed by atoms with van der Waals surface area (Å²) in [5.74, 6) is 0.452. The molecule has 1 unspecified atom stereocenters. The predicted molar refractivity (Wildman–Crippen MR) is 67.4 cm³/mol. The van der Waals surface area contributed by atoms with Gasteiger partial charge < -0.3 is 10.1 Å². The van der Waals surface area contributed by atoms with Gasteiger partial charge in [-0.25, -0.2) is 0 Å². The molecule has 0 aliphatic rings. The van der Waals surface area contributed by atoms with E-state index in [0.29, 0.717) is 18.5 Å². The number of hydrogen-bond acceptors (Lipinski definition) is 3. The molecule has 1 atom stereocenters. The lowest BCUT2D eigenvalue weighted by molar-refractivity contribution is -0.153. The van der Waals surface area contributed by atoms with Crippen LogP contribution < -0.4 is 5.32 Å². The van der Waals surface area contributed by atoms with Crippen LogP contribution in [0.4, 0.5) is 0 Å². The second-order valence-electron chi connectivity index (χ2n) is 5.33. The Morgan fingerprint density at radius 3 is 2.12 bits per heavy atom. The quantitative estimate of drug-likeness (QED) is 0.712. The Balaban J connectivity index is 3.92. The first-order chi connectivity index (χ1) is 7.30. The average molecular weight is 229 g/mol. The molecular weight excluding hydrogens is 202 g/mol. The largest absolute Gasteiger partial charge is 0.459 e. The molecule has 0 spiro atoms. The molecule has 0 aliphatic carbocycles. The van der Waals surface area contributed by atoms with Crippen LogP contribution in [-0.4, -0.2) is 24.2 Å². The lowest BCUT2D eigenvalue weighted by Gasteiger charge is -2.24. The van der Waals surface area contributed by atoms with Crippen LogP contribution in [0.5, 0.6) is 0 Å². The summed E-state index contributed by atoms with van der Waals surface area (Å²) in [6, 6.07) is 0.363. The summed E-state index contributed by atoms with van der Waals surface area (Å²) in [5.41, 5.74) is -0.392. The van der Waals surface area contributed by atoms with Gasteiger partial charge in [-0.05, 0) is 33.6 Å². The predicted octanol–water partition coefficient (Wildman–Crippen LogP) is 2.74. The van der Waals surface area contributed by atoms with E-state index in [2.05, 4.69) is 26.1 Å². The summed E-state index contributed by atoms with van der Waals surface area (Å²) < 4.78 is 5.23. The molecule has 0 aromatic carbocycles. The molecule has 0 saturated carbocycles. The number of nitrogens with one attached hydrogen (secondary N) is 1. The Labute approximate surface area is 99.9 Å². The van der Waals surface area contributed by atoms with E-state index >= 15 is 0 Å². The van der Waals surface area contributed by atoms with Gasteiger partial charge in [-0.1, -0.05) is 26.7 Å². The number of carbonyl (C=O) groups excluding carboxylic acids is 1. The molecule has 0 aromatic heterocycles. The van der Waals surface area contributed by atoms with Gasteiger partial charge in [0.05, 0.1) is 6.54 Å². The zero-order valence-electron chi connectivity index (χ0n) is 11.6. The van der Waals surface area contributed by atoms with E-state index in [-0.39, 0.29) is 5.97 Å². The molecule has 0 amide bonds. The maximum absolute atomic E-state index is 11.5. The van der Waals surface area contributed by atoms with Gasteiger partial charge in [-0.2, -0.15) is 0 Å². The van der Waals surface area contributed by atoms with Crippen molar-refractivity contribution in [2.75, 3.05) is 6.54 Å². The van der Waals surface area contributed by atoms with E-state index in [0.717, 1.165) is 12.8 Å². The van der Waals surface area contributed by atoms with Crippen LogP contribution in [0.2, 0.25) is 0 Å². The number of hydrogen-bond donors (Lipinski definition) is 1. The molecule has 96 valence electrons. The minimum absolute atomic E-state index is 0.176. The molecule has 0 aromatic rings. The fourth-order valence-corrected chi connectivity index (χ4v) is 1.78. The highest BCUT2D eigenvalue weighted by molar-refractivity contribution is 5.72. The molecule has 0 heterocycles. The third kappa shape index (κ3) is 6.83. The van der Waals surface area contributed by atoms with Crippen molar-refractivity contribution < 1.29 is 9.53 Å². The van der Waals surface area contributed by atoms with Crippen LogP contribution in [0.15, 0.2) is 0 Å². The van der Waals surface area contributed by atoms with Crippen LogP contribution in [0, 0.1) is 5.92 Å². The summed E-state index contributed by atoms with van der Waals surface area (Å²) in [6.45, 7) is 12.4. The van der Waals surface area contributed by atoms with Gasteiger partial charge >= 0.3 is 5.97 Å². The van der Waals surface area contributed by atoms with E-state index in [1.54, 1.807) is 0 Å². The van der Waals surface area contributed by atoms with Crippen LogP contribution in [0.1, 0.15) is 54.4 Å². The highest BCUT2D eigenvalue weighted by Crippen LogP contribution is 2.12. The summed E-state index contributed by atoms with van der Waals surface area (Å²) >= 11 is 0. The minimum Gasteiger partial charge on any atom is -0.459 e. The Morgan fingerprint density at radius 2 is 1.75 bits per heavy atom. The molecule has 0 fully saturated rings. The Morgan fingerprint density at radius 1 is 1.25 bits per heavy atom. The second-order valence-corrected chi connectivity index (χ2v) is 5.33. The van der Waals surface area contributed by atoms with E-state index in [4.69, 9.17) is 4.74 Å². The van der Waals surface area contributed by atoms with E-state index in [1.807, 2.05) is 20.8 Å². The standard InChI is InChI=1S/C13H27NO2/c1-7-11(8-2)10(3)14-9-12(15)16-13(4,5)6/h10-11,14H,7-9H2,1-6H3. The number of ether oxygens (including phenoxy) is 1. The van der Waals surface area contributed by atoms with Gasteiger partial charge in [0.25, 0.3) is 0 Å². The highest BCUT2D eigenvalue weighted by Gasteiger charge is 2.18. The lowest BCUT2D eigenvalue weighted by atomic mass is 9.95. The van der Waals surface area contributed by atoms with Crippen molar-refractivity contribution in [3.8, 4) is 0 Å². The first-order valence-corrected chi connectivity index (χ1v) is 6.25. The smallest absolute Gasteiger partial charge is 0.320 e. The van der Waals surface area contributed by atoms with Crippen molar-refractivity contribution >= 4 is 5.97 Å². The molecule has 3 nitrogen and oxygen atoms in total. The first kappa shape index (κ1) is 15.4. The molecule has 0 aliphatic heterocycles. The van der Waals surface area contributed by atoms with Crippen LogP contribution in [-0.2, 0) is 9.53 Å². The molecule has 0 rings (SSSR count). The number of carbonyl (C=O) groups is 1.